The molecule has 0 aromatic heterocycles. The van der Waals surface area contributed by atoms with Gasteiger partial charge in [0.1, 0.15) is 0 Å². The van der Waals surface area contributed by atoms with Crippen molar-refractivity contribution in [1.29, 1.82) is 0 Å². The normalized spacial score (nSPS) is 26.3. The number of allylic oxidation sites excluding steroid dienone is 5. The zero-order chi connectivity index (χ0) is 18.2. The summed E-state index contributed by atoms with van der Waals surface area (Å²) in [5.74, 6) is 1.65. The fourth-order valence-electron chi connectivity index (χ4n) is 4.84. The molecule has 0 heterocycles. The number of rotatable bonds is 4. The van der Waals surface area contributed by atoms with Crippen LogP contribution in [0.4, 0.5) is 0 Å². The molecule has 3 aliphatic rings. The molecule has 0 saturated heterocycles. The predicted molar refractivity (Wildman–Crippen MR) is 115 cm³/mol. The molecule has 2 aromatic rings. The smallest absolute Gasteiger partial charge is 1.00 e. The van der Waals surface area contributed by atoms with Crippen molar-refractivity contribution in [2.24, 2.45) is 11.8 Å². The number of hydrogen-bond donors (Lipinski definition) is 0. The van der Waals surface area contributed by atoms with Crippen molar-refractivity contribution in [2.75, 3.05) is 0 Å². The molecule has 5 unspecified atom stereocenters. The van der Waals surface area contributed by atoms with Gasteiger partial charge < -0.3 is 24.8 Å². The van der Waals surface area contributed by atoms with Crippen molar-refractivity contribution in [3.8, 4) is 0 Å². The van der Waals surface area contributed by atoms with Crippen LogP contribution < -0.4 is 30.1 Å². The molecule has 0 nitrogen and oxygen atoms in total. The number of aryl methyl sites for hydroxylation is 1. The van der Waals surface area contributed by atoms with Gasteiger partial charge in [-0.15, -0.1) is 0 Å². The van der Waals surface area contributed by atoms with Gasteiger partial charge in [0.2, 0.25) is 0 Å². The first-order chi connectivity index (χ1) is 13.3. The summed E-state index contributed by atoms with van der Waals surface area (Å²) in [4.78, 5) is 0. The molecule has 0 spiro atoms. The number of benzene rings is 2. The van der Waals surface area contributed by atoms with E-state index in [-0.39, 0.29) is 24.8 Å². The second-order valence-electron chi connectivity index (χ2n) is 7.96. The third-order valence-electron chi connectivity index (χ3n) is 6.31. The van der Waals surface area contributed by atoms with Crippen LogP contribution in [-0.4, -0.2) is 0 Å². The van der Waals surface area contributed by atoms with Crippen LogP contribution in [0.1, 0.15) is 33.2 Å². The Balaban J connectivity index is 0.00000120. The van der Waals surface area contributed by atoms with Gasteiger partial charge in [-0.1, -0.05) is 0 Å². The topological polar surface area (TPSA) is 0 Å². The molecule has 4 heteroatoms. The SMILES string of the molecule is Cc1ccccc1PC1=Cc2ccccc2[CH]1[Zr+2][CH]1CCC2C=CC=CC21.[Cl-].[Cl-]. The van der Waals surface area contributed by atoms with Crippen LogP contribution in [-0.2, 0) is 23.2 Å². The van der Waals surface area contributed by atoms with E-state index in [2.05, 4.69) is 85.8 Å². The van der Waals surface area contributed by atoms with Crippen molar-refractivity contribution in [3.63, 3.8) is 0 Å². The third kappa shape index (κ3) is 4.75. The first-order valence-electron chi connectivity index (χ1n) is 10.0. The van der Waals surface area contributed by atoms with Gasteiger partial charge in [0, 0.05) is 0 Å². The molecule has 148 valence electrons. The molecule has 3 aliphatic carbocycles. The van der Waals surface area contributed by atoms with E-state index in [1.807, 2.05) is 0 Å². The molecule has 0 bridgehead atoms. The van der Waals surface area contributed by atoms with E-state index < -0.39 is 23.2 Å². The van der Waals surface area contributed by atoms with E-state index in [0.717, 1.165) is 27.7 Å². The summed E-state index contributed by atoms with van der Waals surface area (Å²) in [6, 6.07) is 18.2. The van der Waals surface area contributed by atoms with E-state index >= 15 is 0 Å². The number of halogens is 2. The van der Waals surface area contributed by atoms with Crippen molar-refractivity contribution in [3.05, 3.63) is 94.8 Å². The van der Waals surface area contributed by atoms with Gasteiger partial charge in [-0.3, -0.25) is 0 Å². The third-order valence-corrected chi connectivity index (χ3v) is 13.6. The van der Waals surface area contributed by atoms with Gasteiger partial charge in [-0.25, -0.2) is 0 Å². The minimum Gasteiger partial charge on any atom is -1.00 e. The second kappa shape index (κ2) is 10.2. The van der Waals surface area contributed by atoms with Gasteiger partial charge in [-0.05, 0) is 0 Å². The van der Waals surface area contributed by atoms with Crippen LogP contribution >= 0.6 is 8.58 Å². The average Bonchev–Trinajstić information content (AvgIpc) is 3.26. The fraction of sp³-hybridized carbons (Fsp3) is 0.280. The quantitative estimate of drug-likeness (QED) is 0.516. The molecule has 5 atom stereocenters. The van der Waals surface area contributed by atoms with E-state index in [1.54, 1.807) is 10.9 Å². The molecule has 0 amide bonds. The molecule has 2 aromatic carbocycles. The van der Waals surface area contributed by atoms with Gasteiger partial charge in [-0.2, -0.15) is 0 Å². The van der Waals surface area contributed by atoms with Crippen LogP contribution in [0.3, 0.4) is 0 Å². The van der Waals surface area contributed by atoms with E-state index in [4.69, 9.17) is 0 Å². The Bertz CT molecular complexity index is 949. The maximum absolute atomic E-state index is 2.54. The van der Waals surface area contributed by atoms with Gasteiger partial charge in [0.25, 0.3) is 0 Å². The Morgan fingerprint density at radius 3 is 2.52 bits per heavy atom. The summed E-state index contributed by atoms with van der Waals surface area (Å²) in [6.07, 6.45) is 15.0. The predicted octanol–water partition coefficient (Wildman–Crippen LogP) is 0.426. The second-order valence-corrected chi connectivity index (χ2v) is 13.4. The average molecular weight is 519 g/mol. The van der Waals surface area contributed by atoms with Gasteiger partial charge >= 0.3 is 177 Å². The summed E-state index contributed by atoms with van der Waals surface area (Å²) in [6.45, 7) is 2.26. The Morgan fingerprint density at radius 1 is 0.897 bits per heavy atom. The van der Waals surface area contributed by atoms with E-state index in [1.165, 1.54) is 29.3 Å². The summed E-state index contributed by atoms with van der Waals surface area (Å²) < 4.78 is 1.76. The first-order valence-corrected chi connectivity index (χ1v) is 13.9. The first kappa shape index (κ1) is 23.2. The Morgan fingerprint density at radius 2 is 1.66 bits per heavy atom. The standard InChI is InChI=1S/C16H14P.C9H11.2ClH.Zr/c1-12-6-2-5-9-16(12)17-15-10-13-7-3-4-8-14(13)11-15;1-2-5-9-7-3-6-8(9)4-1;;;/h2-11,17H,1H3;1-2,4-6,8-9H,3,7H2;2*1H;/q;;;;+2/p-2. The van der Waals surface area contributed by atoms with Gasteiger partial charge in [0.15, 0.2) is 0 Å². The number of fused-ring (bicyclic) bond motifs is 2. The molecule has 0 aliphatic heterocycles. The largest absolute Gasteiger partial charge is 1.00 e. The minimum atomic E-state index is -0.577. The molecule has 0 N–H and O–H groups in total. The van der Waals surface area contributed by atoms with Crippen molar-refractivity contribution < 1.29 is 48.0 Å². The number of hydrogen-bond acceptors (Lipinski definition) is 0. The molecule has 0 radical (unpaired) electrons. The Kier molecular flexibility index (Phi) is 8.20. The van der Waals surface area contributed by atoms with E-state index in [9.17, 15) is 0 Å². The fourth-order valence-corrected chi connectivity index (χ4v) is 12.2. The molecule has 1 fully saturated rings. The monoisotopic (exact) mass is 516 g/mol. The molecule has 29 heavy (non-hydrogen) atoms. The molecular weight excluding hydrogens is 493 g/mol. The summed E-state index contributed by atoms with van der Waals surface area (Å²) >= 11 is -0.577. The molecule has 5 rings (SSSR count). The van der Waals surface area contributed by atoms with Crippen LogP contribution in [0.15, 0.2) is 78.1 Å². The summed E-state index contributed by atoms with van der Waals surface area (Å²) in [5, 5.41) is 3.25. The minimum absolute atomic E-state index is 0. The maximum Gasteiger partial charge on any atom is -1.00 e. The van der Waals surface area contributed by atoms with Crippen molar-refractivity contribution in [1.82, 2.24) is 0 Å². The van der Waals surface area contributed by atoms with Crippen LogP contribution in [0.2, 0.25) is 3.63 Å². The maximum atomic E-state index is 2.54. The summed E-state index contributed by atoms with van der Waals surface area (Å²) in [7, 11) is 0.829. The van der Waals surface area contributed by atoms with Crippen LogP contribution in [0, 0.1) is 18.8 Å². The summed E-state index contributed by atoms with van der Waals surface area (Å²) in [5.41, 5.74) is 4.57. The van der Waals surface area contributed by atoms with E-state index in [0.29, 0.717) is 0 Å². The van der Waals surface area contributed by atoms with Crippen molar-refractivity contribution >= 4 is 20.0 Å². The van der Waals surface area contributed by atoms with Crippen molar-refractivity contribution in [2.45, 2.75) is 27.0 Å². The van der Waals surface area contributed by atoms with Crippen LogP contribution in [0.5, 0.6) is 0 Å². The zero-order valence-corrected chi connectivity index (χ0v) is 21.5. The molecule has 1 saturated carbocycles. The Labute approximate surface area is 200 Å². The van der Waals surface area contributed by atoms with Gasteiger partial charge in [0.05, 0.1) is 0 Å². The zero-order valence-electron chi connectivity index (χ0n) is 16.5. The molecular formula is C25H25Cl2PZr. The Hall–Kier alpha value is -0.447. The van der Waals surface area contributed by atoms with Crippen LogP contribution in [0.25, 0.3) is 6.08 Å².